The van der Waals surface area contributed by atoms with E-state index in [-0.39, 0.29) is 11.8 Å². The smallest absolute Gasteiger partial charge is 0.223 e. The Hall–Kier alpha value is -3.19. The molecule has 0 saturated carbocycles. The molecule has 1 aromatic carbocycles. The fourth-order valence-corrected chi connectivity index (χ4v) is 4.92. The molecule has 4 heterocycles. The molecular weight excluding hydrogens is 396 g/mol. The number of rotatable bonds is 5. The summed E-state index contributed by atoms with van der Waals surface area (Å²) in [5.41, 5.74) is 2.34. The largest absolute Gasteiger partial charge is 0.467 e. The molecule has 0 bridgehead atoms. The van der Waals surface area contributed by atoms with Crippen molar-refractivity contribution < 1.29 is 9.21 Å². The molecule has 0 aliphatic carbocycles. The van der Waals surface area contributed by atoms with Crippen molar-refractivity contribution in [3.63, 3.8) is 0 Å². The minimum Gasteiger partial charge on any atom is -0.467 e. The predicted octanol–water partition coefficient (Wildman–Crippen LogP) is 4.48. The Balaban J connectivity index is 1.31. The molecule has 1 aliphatic rings. The molecule has 0 unspecified atom stereocenters. The third-order valence-electron chi connectivity index (χ3n) is 5.62. The number of piperidine rings is 1. The number of amides is 1. The average molecular weight is 419 g/mol. The summed E-state index contributed by atoms with van der Waals surface area (Å²) in [7, 11) is 0. The molecule has 1 fully saturated rings. The Labute approximate surface area is 178 Å². The first-order valence-electron chi connectivity index (χ1n) is 10.1. The third-order valence-corrected chi connectivity index (χ3v) is 6.50. The van der Waals surface area contributed by atoms with E-state index in [1.54, 1.807) is 23.9 Å². The van der Waals surface area contributed by atoms with Crippen molar-refractivity contribution in [2.24, 2.45) is 5.92 Å². The molecule has 0 atom stereocenters. The molecule has 1 amide bonds. The van der Waals surface area contributed by atoms with Crippen molar-refractivity contribution in [2.75, 3.05) is 18.0 Å². The molecule has 0 radical (unpaired) electrons. The van der Waals surface area contributed by atoms with Crippen LogP contribution in [0.2, 0.25) is 0 Å². The molecule has 1 N–H and O–H groups in total. The quantitative estimate of drug-likeness (QED) is 0.517. The molecule has 1 saturated heterocycles. The zero-order valence-corrected chi connectivity index (χ0v) is 17.3. The Kier molecular flexibility index (Phi) is 5.19. The Bertz CT molecular complexity index is 1130. The predicted molar refractivity (Wildman–Crippen MR) is 118 cm³/mol. The highest BCUT2D eigenvalue weighted by molar-refractivity contribution is 7.17. The molecule has 6 nitrogen and oxygen atoms in total. The van der Waals surface area contributed by atoms with Crippen molar-refractivity contribution >= 4 is 33.3 Å². The van der Waals surface area contributed by atoms with E-state index >= 15 is 0 Å². The average Bonchev–Trinajstić information content (AvgIpc) is 3.48. The van der Waals surface area contributed by atoms with Gasteiger partial charge >= 0.3 is 0 Å². The van der Waals surface area contributed by atoms with Gasteiger partial charge in [-0.25, -0.2) is 9.97 Å². The van der Waals surface area contributed by atoms with Crippen molar-refractivity contribution in [3.8, 4) is 11.1 Å². The number of hydrogen-bond donors (Lipinski definition) is 1. The van der Waals surface area contributed by atoms with Crippen LogP contribution in [-0.2, 0) is 11.3 Å². The van der Waals surface area contributed by atoms with Gasteiger partial charge in [0.2, 0.25) is 5.91 Å². The number of hydrogen-bond acceptors (Lipinski definition) is 6. The highest BCUT2D eigenvalue weighted by Gasteiger charge is 2.27. The van der Waals surface area contributed by atoms with Crippen molar-refractivity contribution in [2.45, 2.75) is 19.4 Å². The van der Waals surface area contributed by atoms with Crippen LogP contribution >= 0.6 is 11.3 Å². The minimum absolute atomic E-state index is 0.0182. The number of benzene rings is 1. The van der Waals surface area contributed by atoms with E-state index in [4.69, 9.17) is 4.42 Å². The molecule has 3 aromatic heterocycles. The summed E-state index contributed by atoms with van der Waals surface area (Å²) < 4.78 is 5.29. The first kappa shape index (κ1) is 18.8. The number of aromatic nitrogens is 2. The molecule has 4 aromatic rings. The zero-order chi connectivity index (χ0) is 20.3. The highest BCUT2D eigenvalue weighted by atomic mass is 32.1. The van der Waals surface area contributed by atoms with Gasteiger partial charge in [-0.15, -0.1) is 11.3 Å². The standard InChI is InChI=1S/C23H22N4O2S/c28-22(24-13-18-7-4-12-29-18)17-8-10-27(11-9-17)21-20-19(16-5-2-1-3-6-16)14-30-23(20)26-15-25-21/h1-7,12,14-15,17H,8-11,13H2,(H,24,28). The summed E-state index contributed by atoms with van der Waals surface area (Å²) in [6, 6.07) is 14.1. The van der Waals surface area contributed by atoms with Crippen LogP contribution in [0.1, 0.15) is 18.6 Å². The van der Waals surface area contributed by atoms with Gasteiger partial charge in [0.15, 0.2) is 0 Å². The van der Waals surface area contributed by atoms with Gasteiger partial charge in [0.1, 0.15) is 22.7 Å². The summed E-state index contributed by atoms with van der Waals surface area (Å²) in [6.07, 6.45) is 4.88. The molecule has 7 heteroatoms. The van der Waals surface area contributed by atoms with Gasteiger partial charge in [-0.05, 0) is 30.5 Å². The van der Waals surface area contributed by atoms with Gasteiger partial charge in [0, 0.05) is 30.0 Å². The lowest BCUT2D eigenvalue weighted by atomic mass is 9.95. The summed E-state index contributed by atoms with van der Waals surface area (Å²) in [4.78, 5) is 25.0. The molecule has 30 heavy (non-hydrogen) atoms. The normalized spacial score (nSPS) is 14.9. The van der Waals surface area contributed by atoms with Crippen molar-refractivity contribution in [1.29, 1.82) is 0 Å². The minimum atomic E-state index is 0.0182. The maximum absolute atomic E-state index is 12.6. The van der Waals surface area contributed by atoms with Crippen molar-refractivity contribution in [1.82, 2.24) is 15.3 Å². The second-order valence-corrected chi connectivity index (χ2v) is 8.31. The number of nitrogens with zero attached hydrogens (tertiary/aromatic N) is 3. The fourth-order valence-electron chi connectivity index (χ4n) is 4.01. The SMILES string of the molecule is O=C(NCc1ccco1)C1CCN(c2ncnc3scc(-c4ccccc4)c23)CC1. The monoisotopic (exact) mass is 418 g/mol. The van der Waals surface area contributed by atoms with Gasteiger partial charge in [-0.1, -0.05) is 30.3 Å². The van der Waals surface area contributed by atoms with Crippen LogP contribution in [0, 0.1) is 5.92 Å². The van der Waals surface area contributed by atoms with Crippen LogP contribution in [0.3, 0.4) is 0 Å². The maximum atomic E-state index is 12.6. The lowest BCUT2D eigenvalue weighted by Crippen LogP contribution is -2.40. The zero-order valence-electron chi connectivity index (χ0n) is 16.5. The second kappa shape index (κ2) is 8.28. The number of thiophene rings is 1. The Morgan fingerprint density at radius 3 is 2.73 bits per heavy atom. The van der Waals surface area contributed by atoms with E-state index < -0.39 is 0 Å². The number of carbonyl (C=O) groups is 1. The number of fused-ring (bicyclic) bond motifs is 1. The van der Waals surface area contributed by atoms with Gasteiger partial charge < -0.3 is 14.6 Å². The van der Waals surface area contributed by atoms with Gasteiger partial charge in [-0.2, -0.15) is 0 Å². The van der Waals surface area contributed by atoms with Crippen LogP contribution in [0.15, 0.2) is 64.9 Å². The fraction of sp³-hybridized carbons (Fsp3) is 0.261. The lowest BCUT2D eigenvalue weighted by Gasteiger charge is -2.32. The van der Waals surface area contributed by atoms with Gasteiger partial charge in [0.25, 0.3) is 0 Å². The summed E-state index contributed by atoms with van der Waals surface area (Å²) in [5, 5.41) is 6.26. The van der Waals surface area contributed by atoms with E-state index in [2.05, 4.69) is 49.8 Å². The lowest BCUT2D eigenvalue weighted by molar-refractivity contribution is -0.125. The molecule has 152 valence electrons. The molecule has 1 aliphatic heterocycles. The van der Waals surface area contributed by atoms with Crippen LogP contribution < -0.4 is 10.2 Å². The number of anilines is 1. The van der Waals surface area contributed by atoms with Gasteiger partial charge in [-0.3, -0.25) is 4.79 Å². The van der Waals surface area contributed by atoms with Gasteiger partial charge in [0.05, 0.1) is 18.2 Å². The van der Waals surface area contributed by atoms with E-state index in [0.29, 0.717) is 6.54 Å². The number of carbonyl (C=O) groups excluding carboxylic acids is 1. The van der Waals surface area contributed by atoms with Crippen LogP contribution in [0.4, 0.5) is 5.82 Å². The molecular formula is C23H22N4O2S. The van der Waals surface area contributed by atoms with E-state index in [1.807, 2.05) is 18.2 Å². The van der Waals surface area contributed by atoms with E-state index in [9.17, 15) is 4.79 Å². The molecule has 0 spiro atoms. The maximum Gasteiger partial charge on any atom is 0.223 e. The summed E-state index contributed by atoms with van der Waals surface area (Å²) >= 11 is 1.65. The number of nitrogens with one attached hydrogen (secondary N) is 1. The van der Waals surface area contributed by atoms with Crippen LogP contribution in [-0.4, -0.2) is 29.0 Å². The second-order valence-electron chi connectivity index (χ2n) is 7.45. The highest BCUT2D eigenvalue weighted by Crippen LogP contribution is 2.38. The van der Waals surface area contributed by atoms with Crippen LogP contribution in [0.5, 0.6) is 0 Å². The van der Waals surface area contributed by atoms with E-state index in [0.717, 1.165) is 47.7 Å². The van der Waals surface area contributed by atoms with E-state index in [1.165, 1.54) is 11.1 Å². The summed E-state index contributed by atoms with van der Waals surface area (Å²) in [6.45, 7) is 2.04. The first-order chi connectivity index (χ1) is 14.8. The third kappa shape index (κ3) is 3.68. The van der Waals surface area contributed by atoms with Crippen LogP contribution in [0.25, 0.3) is 21.3 Å². The Morgan fingerprint density at radius 2 is 1.97 bits per heavy atom. The Morgan fingerprint density at radius 1 is 1.13 bits per heavy atom. The molecule has 5 rings (SSSR count). The van der Waals surface area contributed by atoms with Crippen molar-refractivity contribution in [3.05, 3.63) is 66.2 Å². The summed E-state index contributed by atoms with van der Waals surface area (Å²) in [5.74, 6) is 1.86. The first-order valence-corrected chi connectivity index (χ1v) is 11.0. The topological polar surface area (TPSA) is 71.3 Å². The number of furan rings is 1.